The average Bonchev–Trinajstić information content (AvgIpc) is 2.65. The topological polar surface area (TPSA) is 13.1 Å². The van der Waals surface area contributed by atoms with E-state index in [0.29, 0.717) is 4.67 Å². The number of furan rings is 1. The van der Waals surface area contributed by atoms with E-state index in [9.17, 15) is 4.39 Å². The standard InChI is InChI=1S/C11H7Br2FO/c12-10-5-8(6-15-10)11(13)7-1-3-9(14)4-2-7/h1-6,11H. The van der Waals surface area contributed by atoms with Gasteiger partial charge >= 0.3 is 0 Å². The van der Waals surface area contributed by atoms with E-state index in [1.54, 1.807) is 18.4 Å². The SMILES string of the molecule is Fc1ccc(C(Br)c2coc(Br)c2)cc1. The van der Waals surface area contributed by atoms with Crippen molar-refractivity contribution in [3.05, 3.63) is 58.2 Å². The molecular weight excluding hydrogens is 327 g/mol. The monoisotopic (exact) mass is 332 g/mol. The van der Waals surface area contributed by atoms with Crippen LogP contribution in [0, 0.1) is 5.82 Å². The second-order valence-corrected chi connectivity index (χ2v) is 4.80. The zero-order valence-corrected chi connectivity index (χ0v) is 10.8. The third kappa shape index (κ3) is 2.49. The first-order chi connectivity index (χ1) is 7.16. The molecule has 0 spiro atoms. The molecule has 0 aliphatic carbocycles. The molecule has 1 aromatic heterocycles. The van der Waals surface area contributed by atoms with Crippen molar-refractivity contribution in [3.63, 3.8) is 0 Å². The summed E-state index contributed by atoms with van der Waals surface area (Å²) >= 11 is 6.77. The number of hydrogen-bond acceptors (Lipinski definition) is 1. The largest absolute Gasteiger partial charge is 0.457 e. The molecule has 0 aliphatic heterocycles. The van der Waals surface area contributed by atoms with Crippen LogP contribution in [0.5, 0.6) is 0 Å². The molecule has 2 rings (SSSR count). The van der Waals surface area contributed by atoms with E-state index in [2.05, 4.69) is 31.9 Å². The lowest BCUT2D eigenvalue weighted by Gasteiger charge is -2.06. The third-order valence-corrected chi connectivity index (χ3v) is 3.52. The summed E-state index contributed by atoms with van der Waals surface area (Å²) in [5.41, 5.74) is 1.98. The molecule has 0 fully saturated rings. The molecule has 0 N–H and O–H groups in total. The molecule has 1 unspecified atom stereocenters. The molecule has 0 amide bonds. The van der Waals surface area contributed by atoms with Gasteiger partial charge in [0.2, 0.25) is 0 Å². The van der Waals surface area contributed by atoms with Crippen molar-refractivity contribution in [2.75, 3.05) is 0 Å². The molecule has 78 valence electrons. The second kappa shape index (κ2) is 4.49. The van der Waals surface area contributed by atoms with Gasteiger partial charge in [0, 0.05) is 5.56 Å². The average molecular weight is 334 g/mol. The van der Waals surface area contributed by atoms with Crippen molar-refractivity contribution in [1.82, 2.24) is 0 Å². The third-order valence-electron chi connectivity index (χ3n) is 2.04. The first-order valence-electron chi connectivity index (χ1n) is 4.30. The van der Waals surface area contributed by atoms with Gasteiger partial charge in [0.1, 0.15) is 5.82 Å². The quantitative estimate of drug-likeness (QED) is 0.728. The molecule has 4 heteroatoms. The smallest absolute Gasteiger partial charge is 0.169 e. The summed E-state index contributed by atoms with van der Waals surface area (Å²) in [5, 5.41) is 0. The molecule has 1 aromatic carbocycles. The van der Waals surface area contributed by atoms with E-state index in [0.717, 1.165) is 11.1 Å². The van der Waals surface area contributed by atoms with Crippen LogP contribution in [-0.4, -0.2) is 0 Å². The highest BCUT2D eigenvalue weighted by molar-refractivity contribution is 9.10. The summed E-state index contributed by atoms with van der Waals surface area (Å²) in [5.74, 6) is -0.230. The van der Waals surface area contributed by atoms with Crippen LogP contribution >= 0.6 is 31.9 Å². The van der Waals surface area contributed by atoms with Crippen molar-refractivity contribution in [1.29, 1.82) is 0 Å². The Morgan fingerprint density at radius 3 is 2.33 bits per heavy atom. The van der Waals surface area contributed by atoms with Gasteiger partial charge < -0.3 is 4.42 Å². The molecule has 0 bridgehead atoms. The lowest BCUT2D eigenvalue weighted by atomic mass is 10.1. The fraction of sp³-hybridized carbons (Fsp3) is 0.0909. The fourth-order valence-corrected chi connectivity index (χ4v) is 2.18. The van der Waals surface area contributed by atoms with Gasteiger partial charge in [-0.05, 0) is 39.7 Å². The Balaban J connectivity index is 2.28. The Morgan fingerprint density at radius 2 is 1.80 bits per heavy atom. The second-order valence-electron chi connectivity index (χ2n) is 3.10. The van der Waals surface area contributed by atoms with Gasteiger partial charge in [0.15, 0.2) is 4.67 Å². The molecule has 0 saturated carbocycles. The number of benzene rings is 1. The van der Waals surface area contributed by atoms with Gasteiger partial charge in [-0.2, -0.15) is 0 Å². The fourth-order valence-electron chi connectivity index (χ4n) is 1.28. The minimum Gasteiger partial charge on any atom is -0.457 e. The van der Waals surface area contributed by atoms with E-state index >= 15 is 0 Å². The molecule has 0 saturated heterocycles. The Labute approximate surface area is 104 Å². The van der Waals surface area contributed by atoms with Crippen LogP contribution in [0.2, 0.25) is 0 Å². The minimum absolute atomic E-state index is 0.0214. The zero-order valence-electron chi connectivity index (χ0n) is 7.58. The zero-order chi connectivity index (χ0) is 10.8. The number of rotatable bonds is 2. The van der Waals surface area contributed by atoms with E-state index in [1.165, 1.54) is 12.1 Å². The van der Waals surface area contributed by atoms with Gasteiger partial charge in [0.05, 0.1) is 11.1 Å². The molecule has 1 nitrogen and oxygen atoms in total. The molecule has 15 heavy (non-hydrogen) atoms. The Morgan fingerprint density at radius 1 is 1.13 bits per heavy atom. The lowest BCUT2D eigenvalue weighted by molar-refractivity contribution is 0.539. The van der Waals surface area contributed by atoms with Gasteiger partial charge in [-0.3, -0.25) is 0 Å². The Bertz CT molecular complexity index is 450. The van der Waals surface area contributed by atoms with Crippen molar-refractivity contribution in [2.24, 2.45) is 0 Å². The van der Waals surface area contributed by atoms with E-state index in [4.69, 9.17) is 4.42 Å². The number of halogens is 3. The maximum absolute atomic E-state index is 12.7. The summed E-state index contributed by atoms with van der Waals surface area (Å²) in [6.45, 7) is 0. The highest BCUT2D eigenvalue weighted by Crippen LogP contribution is 2.32. The van der Waals surface area contributed by atoms with Crippen molar-refractivity contribution in [3.8, 4) is 0 Å². The van der Waals surface area contributed by atoms with Crippen LogP contribution in [-0.2, 0) is 0 Å². The van der Waals surface area contributed by atoms with Crippen molar-refractivity contribution < 1.29 is 8.81 Å². The summed E-state index contributed by atoms with van der Waals surface area (Å²) in [6, 6.07) is 8.26. The van der Waals surface area contributed by atoms with Crippen molar-refractivity contribution >= 4 is 31.9 Å². The molecule has 1 heterocycles. The Hall–Kier alpha value is -0.610. The van der Waals surface area contributed by atoms with Crippen LogP contribution in [0.4, 0.5) is 4.39 Å². The number of hydrogen-bond donors (Lipinski definition) is 0. The maximum atomic E-state index is 12.7. The molecule has 1 atom stereocenters. The Kier molecular flexibility index (Phi) is 3.26. The van der Waals surface area contributed by atoms with Gasteiger partial charge in [-0.15, -0.1) is 0 Å². The molecular formula is C11H7Br2FO. The highest BCUT2D eigenvalue weighted by atomic mass is 79.9. The summed E-state index contributed by atoms with van der Waals surface area (Å²) in [4.78, 5) is 0.0214. The molecule has 2 aromatic rings. The van der Waals surface area contributed by atoms with Gasteiger partial charge in [0.25, 0.3) is 0 Å². The van der Waals surface area contributed by atoms with Gasteiger partial charge in [-0.25, -0.2) is 4.39 Å². The van der Waals surface area contributed by atoms with E-state index < -0.39 is 0 Å². The van der Waals surface area contributed by atoms with Crippen LogP contribution in [0.3, 0.4) is 0 Å². The normalized spacial score (nSPS) is 12.7. The maximum Gasteiger partial charge on any atom is 0.169 e. The van der Waals surface area contributed by atoms with Crippen LogP contribution in [0.25, 0.3) is 0 Å². The van der Waals surface area contributed by atoms with E-state index in [-0.39, 0.29) is 10.6 Å². The van der Waals surface area contributed by atoms with E-state index in [1.807, 2.05) is 6.07 Å². The summed E-state index contributed by atoms with van der Waals surface area (Å²) in [6.07, 6.45) is 1.66. The lowest BCUT2D eigenvalue weighted by Crippen LogP contribution is -1.90. The predicted octanol–water partition coefficient (Wildman–Crippen LogP) is 4.67. The first-order valence-corrected chi connectivity index (χ1v) is 6.01. The summed E-state index contributed by atoms with van der Waals surface area (Å²) in [7, 11) is 0. The van der Waals surface area contributed by atoms with Crippen LogP contribution in [0.15, 0.2) is 45.7 Å². The summed E-state index contributed by atoms with van der Waals surface area (Å²) < 4.78 is 18.5. The first kappa shape index (κ1) is 10.9. The molecule has 0 aliphatic rings. The van der Waals surface area contributed by atoms with Crippen LogP contribution < -0.4 is 0 Å². The predicted molar refractivity (Wildman–Crippen MR) is 63.6 cm³/mol. The number of alkyl halides is 1. The van der Waals surface area contributed by atoms with Gasteiger partial charge in [-0.1, -0.05) is 28.1 Å². The van der Waals surface area contributed by atoms with Crippen molar-refractivity contribution in [2.45, 2.75) is 4.83 Å². The highest BCUT2D eigenvalue weighted by Gasteiger charge is 2.12. The molecule has 0 radical (unpaired) electrons. The van der Waals surface area contributed by atoms with Crippen LogP contribution in [0.1, 0.15) is 16.0 Å². The minimum atomic E-state index is -0.230.